The highest BCUT2D eigenvalue weighted by Crippen LogP contribution is 2.23. The average Bonchev–Trinajstić information content (AvgIpc) is 2.31. The van der Waals surface area contributed by atoms with Crippen LogP contribution in [0.25, 0.3) is 0 Å². The molecule has 0 N–H and O–H groups in total. The van der Waals surface area contributed by atoms with Gasteiger partial charge in [0.25, 0.3) is 0 Å². The van der Waals surface area contributed by atoms with E-state index in [4.69, 9.17) is 5.26 Å². The molecule has 2 rings (SSSR count). The van der Waals surface area contributed by atoms with Crippen LogP contribution in [0.15, 0.2) is 35.3 Å². The molecule has 0 radical (unpaired) electrons. The first kappa shape index (κ1) is 9.92. The lowest BCUT2D eigenvalue weighted by molar-refractivity contribution is 0.559. The lowest BCUT2D eigenvalue weighted by Gasteiger charge is -2.17. The van der Waals surface area contributed by atoms with Crippen molar-refractivity contribution >= 4 is 11.4 Å². The number of para-hydroxylation sites is 1. The second kappa shape index (κ2) is 4.75. The summed E-state index contributed by atoms with van der Waals surface area (Å²) in [7, 11) is 0. The molecular weight excluding hydrogens is 184 g/mol. The molecule has 1 saturated carbocycles. The van der Waals surface area contributed by atoms with Gasteiger partial charge in [-0.3, -0.25) is 4.99 Å². The maximum Gasteiger partial charge on any atom is 0.0659 e. The Bertz CT molecular complexity index is 387. The number of benzene rings is 1. The third-order valence-electron chi connectivity index (χ3n) is 2.73. The van der Waals surface area contributed by atoms with Crippen LogP contribution in [0, 0.1) is 17.2 Å². The second-order valence-corrected chi connectivity index (χ2v) is 3.94. The number of rotatable bonds is 1. The third kappa shape index (κ3) is 2.66. The third-order valence-corrected chi connectivity index (χ3v) is 2.73. The maximum atomic E-state index is 8.87. The van der Waals surface area contributed by atoms with Gasteiger partial charge in [-0.1, -0.05) is 18.2 Å². The van der Waals surface area contributed by atoms with Gasteiger partial charge in [0, 0.05) is 12.1 Å². The minimum Gasteiger partial charge on any atom is -0.258 e. The van der Waals surface area contributed by atoms with E-state index in [0.29, 0.717) is 0 Å². The van der Waals surface area contributed by atoms with Gasteiger partial charge in [0.05, 0.1) is 17.7 Å². The predicted octanol–water partition coefficient (Wildman–Crippen LogP) is 3.47. The largest absolute Gasteiger partial charge is 0.258 e. The summed E-state index contributed by atoms with van der Waals surface area (Å²) >= 11 is 0. The summed E-state index contributed by atoms with van der Waals surface area (Å²) < 4.78 is 0. The van der Waals surface area contributed by atoms with Crippen molar-refractivity contribution in [2.75, 3.05) is 0 Å². The molecule has 76 valence electrons. The predicted molar refractivity (Wildman–Crippen MR) is 61.1 cm³/mol. The maximum absolute atomic E-state index is 8.87. The molecule has 2 heteroatoms. The van der Waals surface area contributed by atoms with E-state index < -0.39 is 0 Å². The van der Waals surface area contributed by atoms with Crippen molar-refractivity contribution in [3.8, 4) is 6.07 Å². The molecule has 0 aliphatic heterocycles. The van der Waals surface area contributed by atoms with Gasteiger partial charge in [-0.05, 0) is 31.4 Å². The van der Waals surface area contributed by atoms with E-state index >= 15 is 0 Å². The van der Waals surface area contributed by atoms with Crippen molar-refractivity contribution in [2.45, 2.75) is 25.7 Å². The van der Waals surface area contributed by atoms with E-state index in [9.17, 15) is 0 Å². The molecule has 1 aliphatic carbocycles. The molecule has 1 unspecified atom stereocenters. The van der Waals surface area contributed by atoms with E-state index in [-0.39, 0.29) is 5.92 Å². The lowest BCUT2D eigenvalue weighted by Crippen LogP contribution is -2.13. The van der Waals surface area contributed by atoms with Crippen molar-refractivity contribution in [1.29, 1.82) is 5.26 Å². The van der Waals surface area contributed by atoms with Gasteiger partial charge in [0.15, 0.2) is 0 Å². The first-order valence-corrected chi connectivity index (χ1v) is 5.39. The molecule has 0 aromatic heterocycles. The molecule has 0 bridgehead atoms. The van der Waals surface area contributed by atoms with Crippen LogP contribution in [0.5, 0.6) is 0 Å². The van der Waals surface area contributed by atoms with Gasteiger partial charge in [-0.15, -0.1) is 0 Å². The Hall–Kier alpha value is -1.62. The summed E-state index contributed by atoms with van der Waals surface area (Å²) in [6, 6.07) is 12.3. The molecule has 1 atom stereocenters. The Labute approximate surface area is 90.3 Å². The van der Waals surface area contributed by atoms with Gasteiger partial charge in [0.2, 0.25) is 0 Å². The van der Waals surface area contributed by atoms with Gasteiger partial charge in [0.1, 0.15) is 0 Å². The standard InChI is InChI=1S/C13H14N2/c14-10-11-5-4-8-13(9-11)15-12-6-2-1-3-7-12/h1-3,6-7,11H,4-5,8-9H2. The summed E-state index contributed by atoms with van der Waals surface area (Å²) in [4.78, 5) is 4.58. The zero-order chi connectivity index (χ0) is 10.5. The van der Waals surface area contributed by atoms with Crippen LogP contribution < -0.4 is 0 Å². The Morgan fingerprint density at radius 1 is 1.27 bits per heavy atom. The molecule has 15 heavy (non-hydrogen) atoms. The number of hydrogen-bond acceptors (Lipinski definition) is 2. The topological polar surface area (TPSA) is 36.1 Å². The highest BCUT2D eigenvalue weighted by molar-refractivity contribution is 5.87. The van der Waals surface area contributed by atoms with Crippen molar-refractivity contribution in [3.63, 3.8) is 0 Å². The Morgan fingerprint density at radius 3 is 2.80 bits per heavy atom. The monoisotopic (exact) mass is 198 g/mol. The normalized spacial score (nSPS) is 23.7. The molecule has 0 amide bonds. The minimum atomic E-state index is 0.182. The smallest absolute Gasteiger partial charge is 0.0659 e. The van der Waals surface area contributed by atoms with Crippen LogP contribution in [0.4, 0.5) is 5.69 Å². The van der Waals surface area contributed by atoms with Crippen LogP contribution in [-0.2, 0) is 0 Å². The minimum absolute atomic E-state index is 0.182. The molecule has 2 nitrogen and oxygen atoms in total. The van der Waals surface area contributed by atoms with Crippen molar-refractivity contribution < 1.29 is 0 Å². The number of nitrogens with zero attached hydrogens (tertiary/aromatic N) is 2. The second-order valence-electron chi connectivity index (χ2n) is 3.94. The highest BCUT2D eigenvalue weighted by atomic mass is 14.7. The first-order chi connectivity index (χ1) is 7.38. The van der Waals surface area contributed by atoms with E-state index in [1.54, 1.807) is 0 Å². The van der Waals surface area contributed by atoms with Crippen LogP contribution in [-0.4, -0.2) is 5.71 Å². The number of nitriles is 1. The molecule has 0 heterocycles. The van der Waals surface area contributed by atoms with E-state index in [0.717, 1.165) is 31.4 Å². The summed E-state index contributed by atoms with van der Waals surface area (Å²) in [5, 5.41) is 8.87. The van der Waals surface area contributed by atoms with Gasteiger partial charge in [-0.2, -0.15) is 5.26 Å². The summed E-state index contributed by atoms with van der Waals surface area (Å²) in [5.74, 6) is 0.182. The molecule has 1 aromatic carbocycles. The molecule has 1 aromatic rings. The van der Waals surface area contributed by atoms with Crippen molar-refractivity contribution in [1.82, 2.24) is 0 Å². The van der Waals surface area contributed by atoms with E-state index in [1.165, 1.54) is 5.71 Å². The first-order valence-electron chi connectivity index (χ1n) is 5.39. The summed E-state index contributed by atoms with van der Waals surface area (Å²) in [5.41, 5.74) is 2.19. The zero-order valence-corrected chi connectivity index (χ0v) is 8.69. The lowest BCUT2D eigenvalue weighted by atomic mass is 9.89. The summed E-state index contributed by atoms with van der Waals surface area (Å²) in [6.07, 6.45) is 4.03. The number of hydrogen-bond donors (Lipinski definition) is 0. The molecule has 0 spiro atoms. The molecule has 1 aliphatic rings. The fourth-order valence-corrected chi connectivity index (χ4v) is 1.94. The molecular formula is C13H14N2. The average molecular weight is 198 g/mol. The Morgan fingerprint density at radius 2 is 2.07 bits per heavy atom. The van der Waals surface area contributed by atoms with Crippen LogP contribution in [0.1, 0.15) is 25.7 Å². The summed E-state index contributed by atoms with van der Waals surface area (Å²) in [6.45, 7) is 0. The quantitative estimate of drug-likeness (QED) is 0.680. The Kier molecular flexibility index (Phi) is 3.14. The van der Waals surface area contributed by atoms with Crippen LogP contribution in [0.3, 0.4) is 0 Å². The molecule has 0 saturated heterocycles. The van der Waals surface area contributed by atoms with E-state index in [1.807, 2.05) is 30.3 Å². The van der Waals surface area contributed by atoms with Gasteiger partial charge >= 0.3 is 0 Å². The Balaban J connectivity index is 2.11. The van der Waals surface area contributed by atoms with Crippen molar-refractivity contribution in [3.05, 3.63) is 30.3 Å². The van der Waals surface area contributed by atoms with Gasteiger partial charge < -0.3 is 0 Å². The van der Waals surface area contributed by atoms with Crippen LogP contribution in [0.2, 0.25) is 0 Å². The van der Waals surface area contributed by atoms with E-state index in [2.05, 4.69) is 11.1 Å². The SMILES string of the molecule is N#CC1CCCC(=Nc2ccccc2)C1. The fourth-order valence-electron chi connectivity index (χ4n) is 1.94. The fraction of sp³-hybridized carbons (Fsp3) is 0.385. The zero-order valence-electron chi connectivity index (χ0n) is 8.69. The highest BCUT2D eigenvalue weighted by Gasteiger charge is 2.17. The van der Waals surface area contributed by atoms with Crippen LogP contribution >= 0.6 is 0 Å². The number of aliphatic imine (C=N–C) groups is 1. The van der Waals surface area contributed by atoms with Crippen molar-refractivity contribution in [2.24, 2.45) is 10.9 Å². The molecule has 1 fully saturated rings. The van der Waals surface area contributed by atoms with Gasteiger partial charge in [-0.25, -0.2) is 0 Å².